The third kappa shape index (κ3) is 2.21. The molecule has 0 aliphatic carbocycles. The van der Waals surface area contributed by atoms with Crippen LogP contribution in [0.4, 0.5) is 0 Å². The van der Waals surface area contributed by atoms with Crippen molar-refractivity contribution in [2.24, 2.45) is 0 Å². The van der Waals surface area contributed by atoms with Crippen molar-refractivity contribution in [3.63, 3.8) is 0 Å². The molecule has 0 bridgehead atoms. The highest BCUT2D eigenvalue weighted by Crippen LogP contribution is 2.25. The number of pyridine rings is 1. The molecule has 0 unspecified atom stereocenters. The van der Waals surface area contributed by atoms with Crippen LogP contribution in [-0.4, -0.2) is 23.3 Å². The average molecular weight is 269 g/mol. The zero-order valence-corrected chi connectivity index (χ0v) is 10.2. The van der Waals surface area contributed by atoms with Crippen LogP contribution in [0.25, 0.3) is 10.9 Å². The van der Waals surface area contributed by atoms with Gasteiger partial charge in [-0.15, -0.1) is 0 Å². The maximum absolute atomic E-state index is 5.05. The van der Waals surface area contributed by atoms with Gasteiger partial charge in [-0.1, -0.05) is 0 Å². The Bertz CT molecular complexity index is 453. The molecule has 0 radical (unpaired) electrons. The van der Waals surface area contributed by atoms with Crippen molar-refractivity contribution in [2.75, 3.05) is 13.7 Å². The minimum atomic E-state index is 0.794. The van der Waals surface area contributed by atoms with Gasteiger partial charge in [-0.05, 0) is 28.4 Å². The van der Waals surface area contributed by atoms with Crippen molar-refractivity contribution in [2.45, 2.75) is 13.0 Å². The second-order valence-electron chi connectivity index (χ2n) is 3.41. The van der Waals surface area contributed by atoms with E-state index < -0.39 is 0 Å². The van der Waals surface area contributed by atoms with E-state index in [1.807, 2.05) is 18.5 Å². The number of hydrogen-bond donors (Lipinski definition) is 0. The number of aryl methyl sites for hydroxylation is 1. The Morgan fingerprint density at radius 3 is 3.20 bits per heavy atom. The SMILES string of the molecule is COCCCn1cc(Br)c2cnccc21. The highest BCUT2D eigenvalue weighted by Gasteiger charge is 2.05. The lowest BCUT2D eigenvalue weighted by Gasteiger charge is -2.03. The number of aromatic nitrogens is 2. The highest BCUT2D eigenvalue weighted by molar-refractivity contribution is 9.10. The molecule has 2 aromatic heterocycles. The summed E-state index contributed by atoms with van der Waals surface area (Å²) in [6.45, 7) is 1.77. The lowest BCUT2D eigenvalue weighted by molar-refractivity contribution is 0.190. The van der Waals surface area contributed by atoms with Gasteiger partial charge in [-0.3, -0.25) is 4.98 Å². The fourth-order valence-electron chi connectivity index (χ4n) is 1.66. The Balaban J connectivity index is 2.27. The Morgan fingerprint density at radius 1 is 1.53 bits per heavy atom. The molecule has 3 nitrogen and oxygen atoms in total. The zero-order chi connectivity index (χ0) is 10.7. The molecule has 0 saturated carbocycles. The fourth-order valence-corrected chi connectivity index (χ4v) is 2.21. The predicted molar refractivity (Wildman–Crippen MR) is 63.9 cm³/mol. The molecule has 2 rings (SSSR count). The van der Waals surface area contributed by atoms with Crippen molar-refractivity contribution in [1.29, 1.82) is 0 Å². The van der Waals surface area contributed by atoms with Gasteiger partial charge < -0.3 is 9.30 Å². The molecular weight excluding hydrogens is 256 g/mol. The van der Waals surface area contributed by atoms with Crippen LogP contribution in [0.1, 0.15) is 6.42 Å². The maximum Gasteiger partial charge on any atom is 0.0523 e. The number of nitrogens with zero attached hydrogens (tertiary/aromatic N) is 2. The van der Waals surface area contributed by atoms with Crippen molar-refractivity contribution < 1.29 is 4.74 Å². The molecule has 0 aliphatic heterocycles. The summed E-state index contributed by atoms with van der Waals surface area (Å²) < 4.78 is 8.37. The van der Waals surface area contributed by atoms with Crippen LogP contribution in [0.3, 0.4) is 0 Å². The first-order valence-electron chi connectivity index (χ1n) is 4.90. The normalized spacial score (nSPS) is 11.1. The number of hydrogen-bond acceptors (Lipinski definition) is 2. The molecule has 0 amide bonds. The molecule has 80 valence electrons. The second-order valence-corrected chi connectivity index (χ2v) is 4.26. The Labute approximate surface area is 97.2 Å². The lowest BCUT2D eigenvalue weighted by Crippen LogP contribution is -1.99. The summed E-state index contributed by atoms with van der Waals surface area (Å²) in [4.78, 5) is 4.12. The van der Waals surface area contributed by atoms with E-state index in [-0.39, 0.29) is 0 Å². The third-order valence-electron chi connectivity index (χ3n) is 2.38. The number of methoxy groups -OCH3 is 1. The molecule has 4 heteroatoms. The van der Waals surface area contributed by atoms with Gasteiger partial charge in [0.1, 0.15) is 0 Å². The molecule has 0 aromatic carbocycles. The van der Waals surface area contributed by atoms with Gasteiger partial charge in [-0.2, -0.15) is 0 Å². The van der Waals surface area contributed by atoms with Crippen LogP contribution in [0, 0.1) is 0 Å². The second kappa shape index (κ2) is 4.77. The summed E-state index contributed by atoms with van der Waals surface area (Å²) in [5.41, 5.74) is 1.22. The third-order valence-corrected chi connectivity index (χ3v) is 3.01. The van der Waals surface area contributed by atoms with Crippen molar-refractivity contribution in [3.05, 3.63) is 29.1 Å². The van der Waals surface area contributed by atoms with Crippen molar-refractivity contribution in [1.82, 2.24) is 9.55 Å². The summed E-state index contributed by atoms with van der Waals surface area (Å²) in [6, 6.07) is 2.03. The quantitative estimate of drug-likeness (QED) is 0.798. The van der Waals surface area contributed by atoms with E-state index in [2.05, 4.69) is 31.7 Å². The molecule has 2 heterocycles. The van der Waals surface area contributed by atoms with E-state index >= 15 is 0 Å². The topological polar surface area (TPSA) is 27.1 Å². The first-order valence-corrected chi connectivity index (χ1v) is 5.69. The smallest absolute Gasteiger partial charge is 0.0523 e. The highest BCUT2D eigenvalue weighted by atomic mass is 79.9. The standard InChI is InChI=1S/C11H13BrN2O/c1-15-6-2-5-14-8-10(12)9-7-13-4-3-11(9)14/h3-4,7-8H,2,5-6H2,1H3. The van der Waals surface area contributed by atoms with Crippen LogP contribution < -0.4 is 0 Å². The Hall–Kier alpha value is -0.870. The van der Waals surface area contributed by atoms with E-state index in [9.17, 15) is 0 Å². The molecular formula is C11H13BrN2O. The lowest BCUT2D eigenvalue weighted by atomic mass is 10.3. The predicted octanol–water partition coefficient (Wildman–Crippen LogP) is 2.84. The van der Waals surface area contributed by atoms with E-state index in [1.165, 1.54) is 5.52 Å². The number of fused-ring (bicyclic) bond motifs is 1. The summed E-state index contributed by atoms with van der Waals surface area (Å²) in [5.74, 6) is 0. The van der Waals surface area contributed by atoms with Gasteiger partial charge in [0, 0.05) is 48.7 Å². The fraction of sp³-hybridized carbons (Fsp3) is 0.364. The molecule has 0 saturated heterocycles. The minimum Gasteiger partial charge on any atom is -0.385 e. The van der Waals surface area contributed by atoms with Crippen LogP contribution in [0.5, 0.6) is 0 Å². The Kier molecular flexibility index (Phi) is 3.38. The van der Waals surface area contributed by atoms with Gasteiger partial charge in [0.2, 0.25) is 0 Å². The molecule has 0 aliphatic rings. The van der Waals surface area contributed by atoms with E-state index in [0.29, 0.717) is 0 Å². The summed E-state index contributed by atoms with van der Waals surface area (Å²) >= 11 is 3.53. The number of rotatable bonds is 4. The molecule has 15 heavy (non-hydrogen) atoms. The van der Waals surface area contributed by atoms with Crippen LogP contribution in [0.2, 0.25) is 0 Å². The van der Waals surface area contributed by atoms with E-state index in [1.54, 1.807) is 7.11 Å². The Morgan fingerprint density at radius 2 is 2.40 bits per heavy atom. The van der Waals surface area contributed by atoms with Gasteiger partial charge >= 0.3 is 0 Å². The van der Waals surface area contributed by atoms with Gasteiger partial charge in [0.05, 0.1) is 5.52 Å². The monoisotopic (exact) mass is 268 g/mol. The molecule has 2 aromatic rings. The summed E-state index contributed by atoms with van der Waals surface area (Å²) in [7, 11) is 1.73. The minimum absolute atomic E-state index is 0.794. The van der Waals surface area contributed by atoms with Crippen molar-refractivity contribution in [3.8, 4) is 0 Å². The van der Waals surface area contributed by atoms with Crippen LogP contribution in [-0.2, 0) is 11.3 Å². The summed E-state index contributed by atoms with van der Waals surface area (Å²) in [6.07, 6.45) is 6.82. The van der Waals surface area contributed by atoms with Crippen LogP contribution >= 0.6 is 15.9 Å². The summed E-state index contributed by atoms with van der Waals surface area (Å²) in [5, 5.41) is 1.16. The van der Waals surface area contributed by atoms with Gasteiger partial charge in [0.15, 0.2) is 0 Å². The van der Waals surface area contributed by atoms with Crippen molar-refractivity contribution >= 4 is 26.8 Å². The van der Waals surface area contributed by atoms with Crippen LogP contribution in [0.15, 0.2) is 29.1 Å². The first kappa shape index (κ1) is 10.6. The number of halogens is 1. The van der Waals surface area contributed by atoms with Gasteiger partial charge in [0.25, 0.3) is 0 Å². The molecule has 0 spiro atoms. The number of ether oxygens (including phenoxy) is 1. The largest absolute Gasteiger partial charge is 0.385 e. The van der Waals surface area contributed by atoms with E-state index in [4.69, 9.17) is 4.74 Å². The van der Waals surface area contributed by atoms with E-state index in [0.717, 1.165) is 29.4 Å². The van der Waals surface area contributed by atoms with Gasteiger partial charge in [-0.25, -0.2) is 0 Å². The molecule has 0 N–H and O–H groups in total. The molecule has 0 atom stereocenters. The zero-order valence-electron chi connectivity index (χ0n) is 8.61. The first-order chi connectivity index (χ1) is 7.33. The molecule has 0 fully saturated rings. The average Bonchev–Trinajstić information content (AvgIpc) is 2.58. The maximum atomic E-state index is 5.05.